The van der Waals surface area contributed by atoms with E-state index in [0.717, 1.165) is 17.2 Å². The van der Waals surface area contributed by atoms with Crippen LogP contribution in [0.3, 0.4) is 0 Å². The molecule has 12 rings (SSSR count). The average molecular weight is 1050 g/mol. The first-order chi connectivity index (χ1) is 38.7. The summed E-state index contributed by atoms with van der Waals surface area (Å²) in [7, 11) is 0. The van der Waals surface area contributed by atoms with Gasteiger partial charge in [0.05, 0.1) is 96.7 Å². The van der Waals surface area contributed by atoms with Crippen molar-refractivity contribution in [3.63, 3.8) is 0 Å². The summed E-state index contributed by atoms with van der Waals surface area (Å²) in [5, 5.41) is 52.7. The molecule has 0 radical (unpaired) electrons. The van der Waals surface area contributed by atoms with Crippen molar-refractivity contribution in [1.29, 1.82) is 26.3 Å². The number of fused-ring (bicyclic) bond motifs is 6. The molecular weight excluding hydrogens is 1020 g/mol. The van der Waals surface area contributed by atoms with Gasteiger partial charge in [-0.3, -0.25) is 0 Å². The van der Waals surface area contributed by atoms with Crippen LogP contribution in [0.25, 0.3) is 111 Å². The molecule has 7 nitrogen and oxygen atoms in total. The van der Waals surface area contributed by atoms with E-state index in [1.165, 1.54) is 12.1 Å². The van der Waals surface area contributed by atoms with E-state index in [-0.39, 0.29) is 28.6 Å². The molecule has 0 N–H and O–H groups in total. The van der Waals surface area contributed by atoms with Gasteiger partial charge in [0.2, 0.25) is 0 Å². The van der Waals surface area contributed by atoms with Crippen LogP contribution < -0.4 is 0 Å². The van der Waals surface area contributed by atoms with Crippen molar-refractivity contribution in [1.82, 2.24) is 9.13 Å². The lowest BCUT2D eigenvalue weighted by atomic mass is 9.93. The van der Waals surface area contributed by atoms with Crippen molar-refractivity contribution in [3.05, 3.63) is 239 Å². The number of nitrogens with zero attached hydrogens (tertiary/aromatic N) is 7. The zero-order valence-corrected chi connectivity index (χ0v) is 41.5. The molecule has 80 heavy (non-hydrogen) atoms. The number of hydrogen-bond donors (Lipinski definition) is 0. The first-order valence-corrected chi connectivity index (χ1v) is 24.7. The van der Waals surface area contributed by atoms with Gasteiger partial charge in [0.1, 0.15) is 6.07 Å². The van der Waals surface area contributed by atoms with E-state index in [4.69, 9.17) is 0 Å². The molecule has 0 aliphatic heterocycles. The van der Waals surface area contributed by atoms with Gasteiger partial charge in [0.15, 0.2) is 0 Å². The van der Waals surface area contributed by atoms with Crippen LogP contribution in [0, 0.1) is 56.7 Å². The molecule has 0 fully saturated rings. The Labute approximate surface area is 452 Å². The fourth-order valence-corrected chi connectivity index (χ4v) is 10.7. The van der Waals surface area contributed by atoms with Gasteiger partial charge >= 0.3 is 12.4 Å². The second-order valence-electron chi connectivity index (χ2n) is 19.1. The van der Waals surface area contributed by atoms with Crippen LogP contribution in [-0.2, 0) is 12.4 Å². The molecule has 0 aliphatic rings. The fourth-order valence-electron chi connectivity index (χ4n) is 10.7. The molecule has 0 aliphatic carbocycles. The molecule has 378 valence electrons. The Morgan fingerprint density at radius 3 is 0.912 bits per heavy atom. The van der Waals surface area contributed by atoms with Crippen molar-refractivity contribution in [3.8, 4) is 97.4 Å². The van der Waals surface area contributed by atoms with Crippen molar-refractivity contribution in [2.24, 2.45) is 0 Å². The van der Waals surface area contributed by atoms with Gasteiger partial charge in [0.25, 0.3) is 0 Å². The third-order valence-corrected chi connectivity index (χ3v) is 14.6. The van der Waals surface area contributed by atoms with Crippen LogP contribution in [0.4, 0.5) is 26.3 Å². The maximum Gasteiger partial charge on any atom is 0.417 e. The van der Waals surface area contributed by atoms with Gasteiger partial charge in [0, 0.05) is 27.1 Å². The number of aromatic nitrogens is 2. The molecule has 0 atom stereocenters. The summed E-state index contributed by atoms with van der Waals surface area (Å²) in [5.41, 5.74) is 5.74. The molecule has 13 heteroatoms. The number of nitriles is 5. The third kappa shape index (κ3) is 8.57. The highest BCUT2D eigenvalue weighted by molar-refractivity contribution is 6.13. The van der Waals surface area contributed by atoms with E-state index in [9.17, 15) is 39.5 Å². The molecule has 0 amide bonds. The van der Waals surface area contributed by atoms with Crippen molar-refractivity contribution < 1.29 is 26.3 Å². The molecule has 0 saturated heterocycles. The van der Waals surface area contributed by atoms with Crippen LogP contribution in [0.15, 0.2) is 200 Å². The molecule has 12 aromatic rings. The Morgan fingerprint density at radius 1 is 0.287 bits per heavy atom. The first-order valence-electron chi connectivity index (χ1n) is 24.7. The monoisotopic (exact) mass is 1050 g/mol. The summed E-state index contributed by atoms with van der Waals surface area (Å²) in [5.74, 6) is 0. The van der Waals surface area contributed by atoms with Crippen LogP contribution in [0.1, 0.15) is 38.9 Å². The molecule has 2 aromatic heterocycles. The highest BCUT2D eigenvalue weighted by Crippen LogP contribution is 2.47. The SMILES string of the molecule is N#Cc1ccc(-c2ccc3c4ccc(-c5ccc(C#N)cc5)cc4n(-c4cc(-c5ccc(C(F)(F)F)cc5C(F)(F)F)c(-n5c6cc(-c7ccc(C#N)cc7)ccc6c6ccc(-c7ccc(C#N)cc7)cc65)cc4C#N)c3c2)cc1. The maximum atomic E-state index is 15.8. The Kier molecular flexibility index (Phi) is 11.9. The summed E-state index contributed by atoms with van der Waals surface area (Å²) < 4.78 is 94.6. The number of rotatable bonds is 7. The van der Waals surface area contributed by atoms with Gasteiger partial charge in [-0.2, -0.15) is 52.7 Å². The quantitative estimate of drug-likeness (QED) is 0.147. The predicted octanol–water partition coefficient (Wildman–Crippen LogP) is 17.6. The summed E-state index contributed by atoms with van der Waals surface area (Å²) in [6.45, 7) is 0. The van der Waals surface area contributed by atoms with E-state index in [1.807, 2.05) is 72.8 Å². The predicted molar refractivity (Wildman–Crippen MR) is 296 cm³/mol. The van der Waals surface area contributed by atoms with Gasteiger partial charge in [-0.25, -0.2) is 0 Å². The highest BCUT2D eigenvalue weighted by Gasteiger charge is 2.39. The highest BCUT2D eigenvalue weighted by atomic mass is 19.4. The zero-order chi connectivity index (χ0) is 55.6. The minimum atomic E-state index is -5.33. The molecule has 2 heterocycles. The zero-order valence-electron chi connectivity index (χ0n) is 41.5. The summed E-state index contributed by atoms with van der Waals surface area (Å²) in [6.07, 6.45) is -10.5. The Bertz CT molecular complexity index is 4530. The lowest BCUT2D eigenvalue weighted by Crippen LogP contribution is -2.13. The van der Waals surface area contributed by atoms with Crippen molar-refractivity contribution in [2.45, 2.75) is 12.4 Å². The summed E-state index contributed by atoms with van der Waals surface area (Å²) in [4.78, 5) is 0. The van der Waals surface area contributed by atoms with Gasteiger partial charge < -0.3 is 9.13 Å². The maximum absolute atomic E-state index is 15.8. The van der Waals surface area contributed by atoms with Crippen LogP contribution in [0.5, 0.6) is 0 Å². The molecular formula is C67H33F6N7. The largest absolute Gasteiger partial charge is 0.417 e. The van der Waals surface area contributed by atoms with E-state index in [2.05, 4.69) is 30.3 Å². The van der Waals surface area contributed by atoms with E-state index < -0.39 is 29.0 Å². The Hall–Kier alpha value is -11.2. The van der Waals surface area contributed by atoms with Crippen LogP contribution in [-0.4, -0.2) is 9.13 Å². The first kappa shape index (κ1) is 49.7. The number of alkyl halides is 6. The van der Waals surface area contributed by atoms with Gasteiger partial charge in [-0.05, 0) is 147 Å². The third-order valence-electron chi connectivity index (χ3n) is 14.6. The second kappa shape index (κ2) is 19.1. The normalized spacial score (nSPS) is 11.6. The van der Waals surface area contributed by atoms with E-state index in [0.29, 0.717) is 105 Å². The standard InChI is InChI=1S/C67H33F6N7/c68-66(69,70)52-21-26-53(59(32-52)67(71,72)73)58-33-60(79-61-27-47(43-9-1-39(34-74)2-10-43)17-22-54(61)55-23-18-48(28-62(55)79)44-11-3-40(35-75)4-12-44)51(38-78)31-65(58)80-63-29-49(45-13-5-41(36-76)6-14-45)19-24-56(63)57-25-20-50(30-64(57)80)46-15-7-42(37-77)8-16-46/h1-33H. The van der Waals surface area contributed by atoms with Crippen LogP contribution >= 0.6 is 0 Å². The molecule has 0 unspecified atom stereocenters. The van der Waals surface area contributed by atoms with Crippen molar-refractivity contribution >= 4 is 43.6 Å². The summed E-state index contributed by atoms with van der Waals surface area (Å²) in [6, 6.07) is 65.5. The fraction of sp³-hybridized carbons (Fsp3) is 0.0299. The number of hydrogen-bond acceptors (Lipinski definition) is 5. The lowest BCUT2D eigenvalue weighted by molar-refractivity contribution is -0.142. The van der Waals surface area contributed by atoms with E-state index in [1.54, 1.807) is 106 Å². The van der Waals surface area contributed by atoms with Crippen LogP contribution in [0.2, 0.25) is 0 Å². The second-order valence-corrected chi connectivity index (χ2v) is 19.1. The van der Waals surface area contributed by atoms with Gasteiger partial charge in [-0.15, -0.1) is 0 Å². The molecule has 0 saturated carbocycles. The molecule has 10 aromatic carbocycles. The molecule has 0 bridgehead atoms. The topological polar surface area (TPSA) is 129 Å². The van der Waals surface area contributed by atoms with Crippen molar-refractivity contribution in [2.75, 3.05) is 0 Å². The van der Waals surface area contributed by atoms with E-state index >= 15 is 13.2 Å². The average Bonchev–Trinajstić information content (AvgIpc) is 4.01. The molecule has 0 spiro atoms. The minimum absolute atomic E-state index is 0.00272. The summed E-state index contributed by atoms with van der Waals surface area (Å²) >= 11 is 0. The smallest absolute Gasteiger partial charge is 0.309 e. The number of benzene rings is 10. The Balaban J connectivity index is 1.23. The number of halogens is 6. The lowest BCUT2D eigenvalue weighted by Gasteiger charge is -2.22. The minimum Gasteiger partial charge on any atom is -0.309 e. The van der Waals surface area contributed by atoms with Gasteiger partial charge in [-0.1, -0.05) is 103 Å². The Morgan fingerprint density at radius 2 is 0.613 bits per heavy atom.